The Balaban J connectivity index is 1.38. The summed E-state index contributed by atoms with van der Waals surface area (Å²) in [6.07, 6.45) is 1.55. The van der Waals surface area contributed by atoms with Crippen molar-refractivity contribution in [2.24, 2.45) is 0 Å². The maximum Gasteiger partial charge on any atom is 0.408 e. The number of carbonyl (C=O) groups is 1. The fourth-order valence-electron chi connectivity index (χ4n) is 7.87. The second-order valence-corrected chi connectivity index (χ2v) is 15.2. The summed E-state index contributed by atoms with van der Waals surface area (Å²) in [4.78, 5) is 31.8. The molecule has 10 heteroatoms. The highest BCUT2D eigenvalue weighted by atomic mass is 32.2. The van der Waals surface area contributed by atoms with Crippen LogP contribution in [0.25, 0.3) is 11.0 Å². The van der Waals surface area contributed by atoms with Gasteiger partial charge in [-0.05, 0) is 66.6 Å². The van der Waals surface area contributed by atoms with E-state index < -0.39 is 33.5 Å². The highest BCUT2D eigenvalue weighted by molar-refractivity contribution is 7.90. The van der Waals surface area contributed by atoms with E-state index in [0.717, 1.165) is 27.1 Å². The molecule has 0 saturated carbocycles. The monoisotopic (exact) mass is 714 g/mol. The van der Waals surface area contributed by atoms with Gasteiger partial charge in [-0.2, -0.15) is 3.97 Å². The summed E-state index contributed by atoms with van der Waals surface area (Å²) in [5, 5.41) is 10.9. The van der Waals surface area contributed by atoms with Crippen LogP contribution in [0.15, 0.2) is 155 Å². The Kier molecular flexibility index (Phi) is 10.1. The van der Waals surface area contributed by atoms with Crippen molar-refractivity contribution < 1.29 is 18.3 Å². The first-order valence-corrected chi connectivity index (χ1v) is 19.1. The normalized spacial score (nSPS) is 17.8. The lowest BCUT2D eigenvalue weighted by atomic mass is 9.84. The first-order valence-electron chi connectivity index (χ1n) is 17.7. The molecule has 1 aliphatic rings. The molecular formula is C42H42N4O5S. The number of amides is 1. The zero-order valence-corrected chi connectivity index (χ0v) is 29.7. The molecule has 0 radical (unpaired) electrons. The molecular weight excluding hydrogens is 673 g/mol. The minimum absolute atomic E-state index is 0.0212. The minimum Gasteiger partial charge on any atom is -0.465 e. The number of aromatic nitrogens is 2. The molecule has 0 bridgehead atoms. The third kappa shape index (κ3) is 6.91. The summed E-state index contributed by atoms with van der Waals surface area (Å²) in [6, 6.07) is 44.7. The zero-order chi connectivity index (χ0) is 36.1. The fraction of sp³-hybridized carbons (Fsp3) is 0.238. The number of imidazole rings is 1. The van der Waals surface area contributed by atoms with Crippen molar-refractivity contribution in [1.82, 2.24) is 18.3 Å². The molecule has 0 aliphatic carbocycles. The van der Waals surface area contributed by atoms with Crippen LogP contribution in [0.1, 0.15) is 48.4 Å². The summed E-state index contributed by atoms with van der Waals surface area (Å²) >= 11 is 0. The van der Waals surface area contributed by atoms with Crippen molar-refractivity contribution in [2.45, 2.75) is 61.8 Å². The molecule has 1 aliphatic heterocycles. The van der Waals surface area contributed by atoms with Gasteiger partial charge in [0.25, 0.3) is 10.0 Å². The Hall–Kier alpha value is -5.45. The van der Waals surface area contributed by atoms with Crippen molar-refractivity contribution in [3.05, 3.63) is 173 Å². The first-order chi connectivity index (χ1) is 25.3. The van der Waals surface area contributed by atoms with Gasteiger partial charge >= 0.3 is 11.8 Å². The topological polar surface area (TPSA) is 105 Å². The molecule has 1 unspecified atom stereocenters. The lowest BCUT2D eigenvalue weighted by molar-refractivity contribution is -0.0980. The Bertz CT molecular complexity index is 2250. The van der Waals surface area contributed by atoms with Crippen LogP contribution in [0.4, 0.5) is 4.79 Å². The quantitative estimate of drug-likeness (QED) is 0.139. The molecule has 1 amide bonds. The average molecular weight is 715 g/mol. The Morgan fingerprint density at radius 3 is 1.77 bits per heavy atom. The van der Waals surface area contributed by atoms with E-state index in [1.165, 1.54) is 12.1 Å². The smallest absolute Gasteiger partial charge is 0.408 e. The number of likely N-dealkylation sites (tertiary alicyclic amines) is 1. The standard InChI is InChI=1S/C42H42N4O5S/c47-40-45(38-25-13-14-26-39(38)46(40)52(50,51)37-23-11-4-12-24-37)36-27-29-44(41(48)49)42(30-36,28-15-22-33-16-5-1-6-17-33)43(31-34-18-7-2-8-19-34)32-35-20-9-3-10-21-35/h1-14,16-21,23-26,36H,15,22,27-32H2,(H,48,49)/t36?,42-/m0/s1. The molecule has 1 aromatic heterocycles. The van der Waals surface area contributed by atoms with Crippen LogP contribution >= 0.6 is 0 Å². The second kappa shape index (κ2) is 15.0. The Labute approximate surface area is 304 Å². The first kappa shape index (κ1) is 35.0. The highest BCUT2D eigenvalue weighted by Crippen LogP contribution is 2.43. The van der Waals surface area contributed by atoms with Gasteiger partial charge in [-0.3, -0.25) is 14.4 Å². The van der Waals surface area contributed by atoms with Crippen LogP contribution in [-0.4, -0.2) is 50.2 Å². The van der Waals surface area contributed by atoms with Crippen molar-refractivity contribution in [1.29, 1.82) is 0 Å². The van der Waals surface area contributed by atoms with Gasteiger partial charge in [0.15, 0.2) is 0 Å². The number of rotatable bonds is 12. The fourth-order valence-corrected chi connectivity index (χ4v) is 9.29. The second-order valence-electron chi connectivity index (χ2n) is 13.5. The Morgan fingerprint density at radius 2 is 1.21 bits per heavy atom. The van der Waals surface area contributed by atoms with Crippen LogP contribution in [-0.2, 0) is 29.5 Å². The summed E-state index contributed by atoms with van der Waals surface area (Å²) in [7, 11) is -4.24. The van der Waals surface area contributed by atoms with E-state index in [-0.39, 0.29) is 23.4 Å². The molecule has 1 saturated heterocycles. The van der Waals surface area contributed by atoms with E-state index in [1.807, 2.05) is 78.9 Å². The van der Waals surface area contributed by atoms with Gasteiger partial charge in [-0.25, -0.2) is 18.0 Å². The number of carboxylic acid groups (broad SMARTS) is 1. The van der Waals surface area contributed by atoms with Crippen LogP contribution < -0.4 is 5.69 Å². The molecule has 7 rings (SSSR count). The summed E-state index contributed by atoms with van der Waals surface area (Å²) < 4.78 is 30.7. The number of fused-ring (bicyclic) bond motifs is 1. The number of para-hydroxylation sites is 2. The predicted octanol–water partition coefficient (Wildman–Crippen LogP) is 7.78. The molecule has 1 fully saturated rings. The van der Waals surface area contributed by atoms with Crippen LogP contribution in [0, 0.1) is 0 Å². The van der Waals surface area contributed by atoms with E-state index in [2.05, 4.69) is 17.0 Å². The lowest BCUT2D eigenvalue weighted by Gasteiger charge is -2.54. The van der Waals surface area contributed by atoms with Crippen molar-refractivity contribution in [2.75, 3.05) is 6.54 Å². The SMILES string of the molecule is O=C(O)N1CCC(n2c(=O)n(S(=O)(=O)c3ccccc3)c3ccccc32)C[C@@]1(CCCc1ccccc1)N(Cc1ccccc1)Cc1ccccc1. The number of nitrogens with zero attached hydrogens (tertiary/aromatic N) is 4. The minimum atomic E-state index is -4.24. The van der Waals surface area contributed by atoms with Crippen molar-refractivity contribution in [3.8, 4) is 0 Å². The molecule has 5 aromatic carbocycles. The van der Waals surface area contributed by atoms with Gasteiger partial charge in [-0.1, -0.05) is 121 Å². The van der Waals surface area contributed by atoms with Gasteiger partial charge in [0, 0.05) is 32.1 Å². The van der Waals surface area contributed by atoms with Gasteiger partial charge in [0.05, 0.1) is 15.9 Å². The van der Waals surface area contributed by atoms with E-state index >= 15 is 0 Å². The molecule has 2 atom stereocenters. The summed E-state index contributed by atoms with van der Waals surface area (Å²) in [5.41, 5.74) is 2.32. The van der Waals surface area contributed by atoms with E-state index in [0.29, 0.717) is 37.9 Å². The molecule has 2 heterocycles. The van der Waals surface area contributed by atoms with Crippen LogP contribution in [0.5, 0.6) is 0 Å². The Morgan fingerprint density at radius 1 is 0.712 bits per heavy atom. The molecule has 9 nitrogen and oxygen atoms in total. The third-order valence-corrected chi connectivity index (χ3v) is 12.0. The number of hydrogen-bond donors (Lipinski definition) is 1. The molecule has 6 aromatic rings. The maximum absolute atomic E-state index is 14.6. The van der Waals surface area contributed by atoms with Gasteiger partial charge in [-0.15, -0.1) is 0 Å². The van der Waals surface area contributed by atoms with Crippen LogP contribution in [0.3, 0.4) is 0 Å². The van der Waals surface area contributed by atoms with E-state index in [9.17, 15) is 23.1 Å². The molecule has 266 valence electrons. The predicted molar refractivity (Wildman–Crippen MR) is 202 cm³/mol. The molecule has 1 N–H and O–H groups in total. The molecule has 0 spiro atoms. The maximum atomic E-state index is 14.6. The van der Waals surface area contributed by atoms with Gasteiger partial charge in [0.1, 0.15) is 5.66 Å². The zero-order valence-electron chi connectivity index (χ0n) is 28.9. The van der Waals surface area contributed by atoms with Crippen molar-refractivity contribution >= 4 is 27.1 Å². The van der Waals surface area contributed by atoms with E-state index in [1.54, 1.807) is 51.9 Å². The van der Waals surface area contributed by atoms with Gasteiger partial charge < -0.3 is 5.11 Å². The summed E-state index contributed by atoms with van der Waals surface area (Å²) in [6.45, 7) is 1.11. The average Bonchev–Trinajstić information content (AvgIpc) is 3.48. The largest absolute Gasteiger partial charge is 0.465 e. The van der Waals surface area contributed by atoms with Crippen molar-refractivity contribution in [3.63, 3.8) is 0 Å². The third-order valence-electron chi connectivity index (χ3n) is 10.3. The number of hydrogen-bond acceptors (Lipinski definition) is 5. The number of aryl methyl sites for hydroxylation is 1. The number of piperidine rings is 1. The van der Waals surface area contributed by atoms with E-state index in [4.69, 9.17) is 0 Å². The number of benzene rings is 5. The highest BCUT2D eigenvalue weighted by Gasteiger charge is 2.50. The van der Waals surface area contributed by atoms with Crippen LogP contribution in [0.2, 0.25) is 0 Å². The lowest BCUT2D eigenvalue weighted by Crippen LogP contribution is -2.65. The molecule has 52 heavy (non-hydrogen) atoms. The van der Waals surface area contributed by atoms with Gasteiger partial charge in [0.2, 0.25) is 0 Å². The summed E-state index contributed by atoms with van der Waals surface area (Å²) in [5.74, 6) is 0.